The Balaban J connectivity index is 2.00. The Morgan fingerprint density at radius 1 is 1.00 bits per heavy atom. The Bertz CT molecular complexity index is 781. The highest BCUT2D eigenvalue weighted by Gasteiger charge is 2.41. The van der Waals surface area contributed by atoms with Crippen molar-refractivity contribution >= 4 is 23.1 Å². The van der Waals surface area contributed by atoms with Crippen LogP contribution in [0.3, 0.4) is 0 Å². The van der Waals surface area contributed by atoms with Gasteiger partial charge in [0.25, 0.3) is 0 Å². The van der Waals surface area contributed by atoms with Crippen LogP contribution in [-0.4, -0.2) is 16.5 Å². The minimum Gasteiger partial charge on any atom is -0.606 e. The number of esters is 2. The van der Waals surface area contributed by atoms with Gasteiger partial charge in [-0.1, -0.05) is 24.3 Å². The predicted octanol–water partition coefficient (Wildman–Crippen LogP) is 2.07. The molecule has 2 heterocycles. The maximum atomic E-state index is 12.7. The molecule has 20 heavy (non-hydrogen) atoms. The van der Waals surface area contributed by atoms with Crippen molar-refractivity contribution in [2.75, 3.05) is 0 Å². The fourth-order valence-corrected chi connectivity index (χ4v) is 4.24. The molecule has 5 heteroatoms. The number of hydrogen-bond acceptors (Lipinski definition) is 4. The summed E-state index contributed by atoms with van der Waals surface area (Å²) in [5, 5.41) is 0. The van der Waals surface area contributed by atoms with E-state index in [4.69, 9.17) is 0 Å². The molecule has 2 aliphatic heterocycles. The third kappa shape index (κ3) is 1.42. The van der Waals surface area contributed by atoms with E-state index >= 15 is 0 Å². The van der Waals surface area contributed by atoms with E-state index in [0.29, 0.717) is 16.2 Å². The minimum atomic E-state index is -1.46. The molecule has 4 rings (SSSR count). The van der Waals surface area contributed by atoms with Gasteiger partial charge in [-0.15, -0.1) is 0 Å². The third-order valence-electron chi connectivity index (χ3n) is 3.59. The first-order chi connectivity index (χ1) is 9.66. The first-order valence-electron chi connectivity index (χ1n) is 6.09. The van der Waals surface area contributed by atoms with Gasteiger partial charge in [-0.3, -0.25) is 0 Å². The molecule has 2 aromatic carbocycles. The number of carbonyl (C=O) groups is 2. The summed E-state index contributed by atoms with van der Waals surface area (Å²) in [6.45, 7) is 0. The molecule has 0 fully saturated rings. The molecule has 0 bridgehead atoms. The molecular weight excluding hydrogens is 276 g/mol. The summed E-state index contributed by atoms with van der Waals surface area (Å²) >= 11 is -1.46. The van der Waals surface area contributed by atoms with Crippen LogP contribution in [0.1, 0.15) is 31.8 Å². The number of rotatable bonds is 0. The van der Waals surface area contributed by atoms with E-state index in [0.717, 1.165) is 11.1 Å². The monoisotopic (exact) mass is 284 g/mol. The Kier molecular flexibility index (Phi) is 2.31. The first-order valence-corrected chi connectivity index (χ1v) is 7.24. The number of benzene rings is 2. The Morgan fingerprint density at radius 2 is 1.80 bits per heavy atom. The van der Waals surface area contributed by atoms with Crippen LogP contribution in [0.5, 0.6) is 0 Å². The maximum absolute atomic E-state index is 12.7. The van der Waals surface area contributed by atoms with E-state index in [2.05, 4.69) is 4.74 Å². The average molecular weight is 284 g/mol. The summed E-state index contributed by atoms with van der Waals surface area (Å²) < 4.78 is 17.3. The molecule has 1 unspecified atom stereocenters. The number of cyclic esters (lactones) is 2. The Morgan fingerprint density at radius 3 is 2.65 bits per heavy atom. The van der Waals surface area contributed by atoms with Crippen LogP contribution < -0.4 is 0 Å². The molecule has 0 radical (unpaired) electrons. The SMILES string of the molecule is O=C1OC(=O)c2c1ccc1c2[S+]([O-])c2ccccc2C1. The molecule has 0 saturated heterocycles. The van der Waals surface area contributed by atoms with E-state index in [1.165, 1.54) is 0 Å². The molecule has 0 N–H and O–H groups in total. The van der Waals surface area contributed by atoms with E-state index in [1.54, 1.807) is 18.2 Å². The zero-order chi connectivity index (χ0) is 13.9. The topological polar surface area (TPSA) is 66.4 Å². The van der Waals surface area contributed by atoms with Gasteiger partial charge in [-0.25, -0.2) is 9.59 Å². The van der Waals surface area contributed by atoms with Crippen LogP contribution in [0.4, 0.5) is 0 Å². The van der Waals surface area contributed by atoms with E-state index in [-0.39, 0.29) is 11.1 Å². The summed E-state index contributed by atoms with van der Waals surface area (Å²) in [6.07, 6.45) is 0.603. The van der Waals surface area contributed by atoms with Crippen molar-refractivity contribution in [3.8, 4) is 0 Å². The lowest BCUT2D eigenvalue weighted by Crippen LogP contribution is -2.18. The number of ether oxygens (including phenoxy) is 1. The van der Waals surface area contributed by atoms with Gasteiger partial charge in [-0.05, 0) is 12.1 Å². The van der Waals surface area contributed by atoms with Gasteiger partial charge in [0, 0.05) is 28.7 Å². The molecule has 0 saturated carbocycles. The van der Waals surface area contributed by atoms with E-state index < -0.39 is 23.1 Å². The third-order valence-corrected chi connectivity index (χ3v) is 5.22. The summed E-state index contributed by atoms with van der Waals surface area (Å²) in [5.41, 5.74) is 2.17. The van der Waals surface area contributed by atoms with Crippen LogP contribution in [0, 0.1) is 0 Å². The normalized spacial score (nSPS) is 19.1. The smallest absolute Gasteiger partial charge is 0.352 e. The summed E-state index contributed by atoms with van der Waals surface area (Å²) in [5.74, 6) is -1.36. The lowest BCUT2D eigenvalue weighted by Gasteiger charge is -2.22. The molecule has 1 atom stereocenters. The molecule has 4 nitrogen and oxygen atoms in total. The van der Waals surface area contributed by atoms with Crippen LogP contribution >= 0.6 is 0 Å². The molecule has 0 spiro atoms. The van der Waals surface area contributed by atoms with Gasteiger partial charge in [-0.2, -0.15) is 0 Å². The highest BCUT2D eigenvalue weighted by atomic mass is 32.2. The van der Waals surface area contributed by atoms with Gasteiger partial charge in [0.05, 0.1) is 5.56 Å². The van der Waals surface area contributed by atoms with Gasteiger partial charge in [0.15, 0.2) is 9.79 Å². The molecular formula is C15H8O4S. The molecule has 2 aromatic rings. The highest BCUT2D eigenvalue weighted by Crippen LogP contribution is 2.39. The second-order valence-electron chi connectivity index (χ2n) is 4.71. The second-order valence-corrected chi connectivity index (χ2v) is 6.09. The van der Waals surface area contributed by atoms with Crippen molar-refractivity contribution in [1.82, 2.24) is 0 Å². The van der Waals surface area contributed by atoms with Crippen molar-refractivity contribution < 1.29 is 18.9 Å². The standard InChI is InChI=1S/C15H8O4S/c16-14-10-6-5-9-7-8-3-1-2-4-11(8)20(18)13(9)12(10)15(17)19-14/h1-6H,7H2. The number of fused-ring (bicyclic) bond motifs is 4. The molecule has 0 amide bonds. The molecule has 0 aliphatic carbocycles. The van der Waals surface area contributed by atoms with E-state index in [1.807, 2.05) is 18.2 Å². The fraction of sp³-hybridized carbons (Fsp3) is 0.0667. The van der Waals surface area contributed by atoms with Crippen molar-refractivity contribution in [1.29, 1.82) is 0 Å². The van der Waals surface area contributed by atoms with Crippen LogP contribution in [-0.2, 0) is 22.3 Å². The summed E-state index contributed by atoms with van der Waals surface area (Å²) in [4.78, 5) is 24.5. The number of hydrogen-bond donors (Lipinski definition) is 0. The highest BCUT2D eigenvalue weighted by molar-refractivity contribution is 7.91. The van der Waals surface area contributed by atoms with Gasteiger partial charge >= 0.3 is 11.9 Å². The lowest BCUT2D eigenvalue weighted by molar-refractivity contribution is 0.0442. The summed E-state index contributed by atoms with van der Waals surface area (Å²) in [7, 11) is 0. The molecule has 0 aromatic heterocycles. The molecule has 2 aliphatic rings. The minimum absolute atomic E-state index is 0.167. The zero-order valence-electron chi connectivity index (χ0n) is 10.2. The van der Waals surface area contributed by atoms with Crippen molar-refractivity contribution in [2.24, 2.45) is 0 Å². The molecule has 98 valence electrons. The van der Waals surface area contributed by atoms with Gasteiger partial charge in [0.2, 0.25) is 0 Å². The number of carbonyl (C=O) groups excluding carboxylic acids is 2. The van der Waals surface area contributed by atoms with Crippen LogP contribution in [0.15, 0.2) is 46.2 Å². The maximum Gasteiger partial charge on any atom is 0.352 e. The van der Waals surface area contributed by atoms with E-state index in [9.17, 15) is 14.1 Å². The quantitative estimate of drug-likeness (QED) is 0.422. The predicted molar refractivity (Wildman–Crippen MR) is 70.1 cm³/mol. The fourth-order valence-electron chi connectivity index (χ4n) is 2.69. The largest absolute Gasteiger partial charge is 0.606 e. The average Bonchev–Trinajstić information content (AvgIpc) is 2.74. The first kappa shape index (κ1) is 11.7. The Hall–Kier alpha value is -2.11. The summed E-state index contributed by atoms with van der Waals surface area (Å²) in [6, 6.07) is 10.7. The zero-order valence-corrected chi connectivity index (χ0v) is 11.0. The van der Waals surface area contributed by atoms with Crippen LogP contribution in [0.25, 0.3) is 0 Å². The van der Waals surface area contributed by atoms with Crippen LogP contribution in [0.2, 0.25) is 0 Å². The lowest BCUT2D eigenvalue weighted by atomic mass is 9.99. The van der Waals surface area contributed by atoms with Crippen molar-refractivity contribution in [2.45, 2.75) is 16.2 Å². The van der Waals surface area contributed by atoms with Crippen molar-refractivity contribution in [3.63, 3.8) is 0 Å². The second kappa shape index (κ2) is 3.94. The Labute approximate surface area is 117 Å². The van der Waals surface area contributed by atoms with Gasteiger partial charge in [0.1, 0.15) is 5.56 Å². The van der Waals surface area contributed by atoms with Gasteiger partial charge < -0.3 is 9.29 Å². The van der Waals surface area contributed by atoms with Crippen molar-refractivity contribution in [3.05, 3.63) is 58.7 Å².